The second kappa shape index (κ2) is 4.10. The smallest absolute Gasteiger partial charge is 0.0231 e. The van der Waals surface area contributed by atoms with Crippen LogP contribution in [-0.2, 0) is 0 Å². The fourth-order valence-electron chi connectivity index (χ4n) is 1.79. The van der Waals surface area contributed by atoms with Crippen LogP contribution >= 0.6 is 0 Å². The van der Waals surface area contributed by atoms with Gasteiger partial charge >= 0.3 is 0 Å². The lowest BCUT2D eigenvalue weighted by atomic mass is 10.4. The third-order valence-corrected chi connectivity index (χ3v) is 5.19. The second-order valence-electron chi connectivity index (χ2n) is 3.29. The molecule has 1 saturated carbocycles. The van der Waals surface area contributed by atoms with Gasteiger partial charge in [0.05, 0.1) is 0 Å². The molecule has 54 valence electrons. The highest BCUT2D eigenvalue weighted by atomic mass is 28.2. The lowest BCUT2D eigenvalue weighted by Crippen LogP contribution is -1.96. The van der Waals surface area contributed by atoms with Gasteiger partial charge in [-0.15, -0.1) is 0 Å². The Hall–Kier alpha value is 0.217. The summed E-state index contributed by atoms with van der Waals surface area (Å²) < 4.78 is 0. The summed E-state index contributed by atoms with van der Waals surface area (Å²) in [6.07, 6.45) is 7.71. The van der Waals surface area contributed by atoms with E-state index in [-0.39, 0.29) is 0 Å². The number of rotatable bonds is 3. The van der Waals surface area contributed by atoms with Crippen molar-refractivity contribution in [3.8, 4) is 0 Å². The molecule has 9 heavy (non-hydrogen) atoms. The van der Waals surface area contributed by atoms with Gasteiger partial charge in [0.2, 0.25) is 0 Å². The highest BCUT2D eigenvalue weighted by Gasteiger charge is 2.13. The van der Waals surface area contributed by atoms with Gasteiger partial charge in [0, 0.05) is 9.52 Å². The maximum absolute atomic E-state index is 2.32. The molecular formula is C8H18Si. The first-order valence-corrected chi connectivity index (χ1v) is 6.25. The quantitative estimate of drug-likeness (QED) is 0.531. The number of hydrogen-bond donors (Lipinski definition) is 0. The average Bonchev–Trinajstić information content (AvgIpc) is 2.34. The summed E-state index contributed by atoms with van der Waals surface area (Å²) in [4.78, 5) is 0. The molecule has 0 aromatic heterocycles. The molecule has 0 N–H and O–H groups in total. The van der Waals surface area contributed by atoms with E-state index >= 15 is 0 Å². The average molecular weight is 142 g/mol. The summed E-state index contributed by atoms with van der Waals surface area (Å²) >= 11 is 0. The van der Waals surface area contributed by atoms with Gasteiger partial charge in [-0.2, -0.15) is 0 Å². The normalized spacial score (nSPS) is 22.3. The summed E-state index contributed by atoms with van der Waals surface area (Å²) in [6.45, 7) is 2.32. The molecule has 0 nitrogen and oxygen atoms in total. The van der Waals surface area contributed by atoms with Gasteiger partial charge in [-0.05, 0) is 0 Å². The standard InChI is InChI=1S/C8H18Si/c1-2-7-9-8-5-3-4-6-8/h8H,2-7,9H2,1H3. The van der Waals surface area contributed by atoms with Crippen LogP contribution in [0.15, 0.2) is 0 Å². The van der Waals surface area contributed by atoms with Gasteiger partial charge in [0.25, 0.3) is 0 Å². The van der Waals surface area contributed by atoms with Crippen LogP contribution in [0.5, 0.6) is 0 Å². The SMILES string of the molecule is CCC[SiH2]C1CCCC1. The van der Waals surface area contributed by atoms with Crippen molar-refractivity contribution >= 4 is 9.52 Å². The summed E-state index contributed by atoms with van der Waals surface area (Å²) in [5, 5.41) is 0. The summed E-state index contributed by atoms with van der Waals surface area (Å²) in [6, 6.07) is 1.60. The molecule has 0 atom stereocenters. The van der Waals surface area contributed by atoms with E-state index < -0.39 is 0 Å². The molecule has 1 rings (SSSR count). The van der Waals surface area contributed by atoms with Gasteiger partial charge in [0.15, 0.2) is 0 Å². The Balaban J connectivity index is 1.98. The minimum absolute atomic E-state index is 0.388. The van der Waals surface area contributed by atoms with Crippen LogP contribution in [0.2, 0.25) is 11.6 Å². The monoisotopic (exact) mass is 142 g/mol. The molecule has 0 aromatic carbocycles. The highest BCUT2D eigenvalue weighted by Crippen LogP contribution is 2.29. The lowest BCUT2D eigenvalue weighted by Gasteiger charge is -2.04. The highest BCUT2D eigenvalue weighted by molar-refractivity contribution is 6.37. The van der Waals surface area contributed by atoms with Crippen LogP contribution in [0.1, 0.15) is 39.0 Å². The maximum Gasteiger partial charge on any atom is 0.0231 e. The summed E-state index contributed by atoms with van der Waals surface area (Å²) in [5.41, 5.74) is 1.25. The minimum Gasteiger partial charge on any atom is -0.0657 e. The van der Waals surface area contributed by atoms with E-state index in [0.717, 1.165) is 0 Å². The van der Waals surface area contributed by atoms with Crippen molar-refractivity contribution in [2.45, 2.75) is 50.6 Å². The molecule has 0 saturated heterocycles. The van der Waals surface area contributed by atoms with Crippen molar-refractivity contribution in [2.75, 3.05) is 0 Å². The fraction of sp³-hybridized carbons (Fsp3) is 1.00. The van der Waals surface area contributed by atoms with Gasteiger partial charge in [0.1, 0.15) is 0 Å². The molecule has 0 radical (unpaired) electrons. The van der Waals surface area contributed by atoms with E-state index in [0.29, 0.717) is 9.52 Å². The first kappa shape index (κ1) is 7.33. The predicted molar refractivity (Wildman–Crippen MR) is 45.9 cm³/mol. The molecule has 0 spiro atoms. The molecule has 1 aliphatic carbocycles. The van der Waals surface area contributed by atoms with E-state index in [9.17, 15) is 0 Å². The van der Waals surface area contributed by atoms with Crippen molar-refractivity contribution in [1.29, 1.82) is 0 Å². The zero-order chi connectivity index (χ0) is 6.53. The Morgan fingerprint density at radius 1 is 1.33 bits per heavy atom. The Morgan fingerprint density at radius 3 is 2.56 bits per heavy atom. The molecule has 0 aliphatic heterocycles. The van der Waals surface area contributed by atoms with E-state index in [2.05, 4.69) is 6.92 Å². The van der Waals surface area contributed by atoms with Gasteiger partial charge in [-0.3, -0.25) is 0 Å². The zero-order valence-corrected chi connectivity index (χ0v) is 7.94. The summed E-state index contributed by atoms with van der Waals surface area (Å²) in [5.74, 6) is 0. The van der Waals surface area contributed by atoms with Crippen LogP contribution in [0.25, 0.3) is 0 Å². The van der Waals surface area contributed by atoms with Gasteiger partial charge in [-0.1, -0.05) is 50.6 Å². The largest absolute Gasteiger partial charge is 0.0657 e. The van der Waals surface area contributed by atoms with E-state index in [1.807, 2.05) is 0 Å². The van der Waals surface area contributed by atoms with Crippen LogP contribution in [0.4, 0.5) is 0 Å². The first-order chi connectivity index (χ1) is 4.43. The Labute approximate surface area is 60.9 Å². The Bertz CT molecular complexity index is 65.0. The number of hydrogen-bond acceptors (Lipinski definition) is 0. The molecule has 0 bridgehead atoms. The summed E-state index contributed by atoms with van der Waals surface area (Å²) in [7, 11) is 0.388. The molecule has 1 heteroatoms. The topological polar surface area (TPSA) is 0 Å². The van der Waals surface area contributed by atoms with E-state index in [1.165, 1.54) is 12.0 Å². The van der Waals surface area contributed by atoms with Crippen molar-refractivity contribution in [1.82, 2.24) is 0 Å². The van der Waals surface area contributed by atoms with Crippen molar-refractivity contribution in [3.05, 3.63) is 0 Å². The van der Waals surface area contributed by atoms with E-state index in [4.69, 9.17) is 0 Å². The molecule has 0 unspecified atom stereocenters. The van der Waals surface area contributed by atoms with Crippen LogP contribution in [-0.4, -0.2) is 9.52 Å². The molecule has 0 heterocycles. The van der Waals surface area contributed by atoms with Crippen LogP contribution in [0, 0.1) is 0 Å². The minimum atomic E-state index is 0.388. The van der Waals surface area contributed by atoms with Crippen molar-refractivity contribution < 1.29 is 0 Å². The maximum atomic E-state index is 2.32. The molecule has 1 fully saturated rings. The predicted octanol–water partition coefficient (Wildman–Crippen LogP) is 2.35. The van der Waals surface area contributed by atoms with Crippen molar-refractivity contribution in [2.24, 2.45) is 0 Å². The Morgan fingerprint density at radius 2 is 2.00 bits per heavy atom. The molecule has 0 aromatic rings. The van der Waals surface area contributed by atoms with Crippen LogP contribution < -0.4 is 0 Å². The van der Waals surface area contributed by atoms with E-state index in [1.54, 1.807) is 31.7 Å². The van der Waals surface area contributed by atoms with Gasteiger partial charge < -0.3 is 0 Å². The van der Waals surface area contributed by atoms with Gasteiger partial charge in [-0.25, -0.2) is 0 Å². The Kier molecular flexibility index (Phi) is 3.34. The fourth-order valence-corrected chi connectivity index (χ4v) is 3.93. The van der Waals surface area contributed by atoms with Crippen molar-refractivity contribution in [3.63, 3.8) is 0 Å². The first-order valence-electron chi connectivity index (χ1n) is 4.43. The lowest BCUT2D eigenvalue weighted by molar-refractivity contribution is 0.855. The third-order valence-electron chi connectivity index (χ3n) is 2.44. The molecule has 0 amide bonds. The molecular weight excluding hydrogens is 124 g/mol. The zero-order valence-electron chi connectivity index (χ0n) is 6.53. The second-order valence-corrected chi connectivity index (χ2v) is 5.73. The third kappa shape index (κ3) is 2.52. The van der Waals surface area contributed by atoms with Crippen LogP contribution in [0.3, 0.4) is 0 Å². The molecule has 1 aliphatic rings.